The number of aryl methyl sites for hydroxylation is 1. The fourth-order valence-corrected chi connectivity index (χ4v) is 4.54. The zero-order valence-corrected chi connectivity index (χ0v) is 19.7. The molecule has 12 heteroatoms. The Bertz CT molecular complexity index is 1150. The van der Waals surface area contributed by atoms with Crippen molar-refractivity contribution in [3.63, 3.8) is 0 Å². The summed E-state index contributed by atoms with van der Waals surface area (Å²) in [4.78, 5) is 20.6. The van der Waals surface area contributed by atoms with E-state index < -0.39 is 12.5 Å². The minimum atomic E-state index is -4.76. The molecule has 1 aromatic heterocycles. The van der Waals surface area contributed by atoms with E-state index in [4.69, 9.17) is 4.74 Å². The summed E-state index contributed by atoms with van der Waals surface area (Å²) in [6, 6.07) is 10.3. The van der Waals surface area contributed by atoms with E-state index in [2.05, 4.69) is 15.0 Å². The number of carbonyl (C=O) groups excluding carboxylic acids is 1. The molecule has 1 fully saturated rings. The highest BCUT2D eigenvalue weighted by atomic mass is 32.1. The van der Waals surface area contributed by atoms with Crippen molar-refractivity contribution in [1.82, 2.24) is 14.8 Å². The molecule has 8 nitrogen and oxygen atoms in total. The van der Waals surface area contributed by atoms with Crippen molar-refractivity contribution in [1.29, 1.82) is 0 Å². The number of piperazine rings is 1. The van der Waals surface area contributed by atoms with Crippen LogP contribution in [0.3, 0.4) is 0 Å². The summed E-state index contributed by atoms with van der Waals surface area (Å²) in [5.74, 6) is 0.298. The third-order valence-electron chi connectivity index (χ3n) is 5.38. The molecule has 0 unspecified atom stereocenters. The third-order valence-corrected chi connectivity index (χ3v) is 6.33. The zero-order chi connectivity index (χ0) is 25.0. The van der Waals surface area contributed by atoms with Crippen molar-refractivity contribution in [3.8, 4) is 11.5 Å². The Hall–Kier alpha value is -3.09. The van der Waals surface area contributed by atoms with Gasteiger partial charge in [-0.1, -0.05) is 0 Å². The van der Waals surface area contributed by atoms with Gasteiger partial charge < -0.3 is 24.8 Å². The highest BCUT2D eigenvalue weighted by Gasteiger charge is 2.31. The van der Waals surface area contributed by atoms with Gasteiger partial charge in [0.15, 0.2) is 0 Å². The molecule has 1 aliphatic heterocycles. The van der Waals surface area contributed by atoms with Gasteiger partial charge in [-0.25, -0.2) is 9.78 Å². The predicted octanol–water partition coefficient (Wildman–Crippen LogP) is 4.09. The third kappa shape index (κ3) is 7.20. The molecule has 3 aromatic rings. The van der Waals surface area contributed by atoms with Crippen LogP contribution in [0.5, 0.6) is 11.5 Å². The number of urea groups is 1. The molecule has 2 aromatic carbocycles. The molecule has 0 saturated carbocycles. The SMILES string of the molecule is Cc1nc2cc(OC[C@H](O)CN3CCN(C(=O)Nc4ccc(OC(F)(F)F)cc4)CC3)ccc2s1. The van der Waals surface area contributed by atoms with Gasteiger partial charge in [0.25, 0.3) is 0 Å². The van der Waals surface area contributed by atoms with E-state index in [1.54, 1.807) is 16.2 Å². The topological polar surface area (TPSA) is 87.2 Å². The number of nitrogens with zero attached hydrogens (tertiary/aromatic N) is 3. The summed E-state index contributed by atoms with van der Waals surface area (Å²) < 4.78 is 47.4. The molecular weight excluding hydrogens is 485 g/mol. The first kappa shape index (κ1) is 25.0. The van der Waals surface area contributed by atoms with E-state index in [1.807, 2.05) is 30.0 Å². The van der Waals surface area contributed by atoms with Crippen LogP contribution in [0.25, 0.3) is 10.2 Å². The second kappa shape index (κ2) is 10.7. The quantitative estimate of drug-likeness (QED) is 0.498. The van der Waals surface area contributed by atoms with E-state index in [9.17, 15) is 23.1 Å². The lowest BCUT2D eigenvalue weighted by molar-refractivity contribution is -0.274. The maximum absolute atomic E-state index is 12.5. The Labute approximate surface area is 203 Å². The van der Waals surface area contributed by atoms with Crippen LogP contribution in [-0.2, 0) is 0 Å². The molecule has 1 atom stereocenters. The molecular formula is C23H25F3N4O4S. The number of hydrogen-bond acceptors (Lipinski definition) is 7. The minimum Gasteiger partial charge on any atom is -0.491 e. The van der Waals surface area contributed by atoms with Crippen LogP contribution in [0.4, 0.5) is 23.7 Å². The lowest BCUT2D eigenvalue weighted by Gasteiger charge is -2.35. The van der Waals surface area contributed by atoms with Crippen LogP contribution < -0.4 is 14.8 Å². The Kier molecular flexibility index (Phi) is 7.63. The fourth-order valence-electron chi connectivity index (χ4n) is 3.73. The standard InChI is InChI=1S/C23H25F3N4O4S/c1-15-27-20-12-19(6-7-21(20)35-15)33-14-17(31)13-29-8-10-30(11-9-29)22(32)28-16-2-4-18(5-3-16)34-23(24,25)26/h2-7,12,17,31H,8-11,13-14H2,1H3,(H,28,32)/t17-/m1/s1. The lowest BCUT2D eigenvalue weighted by Crippen LogP contribution is -2.51. The Morgan fingerprint density at radius 3 is 2.51 bits per heavy atom. The summed E-state index contributed by atoms with van der Waals surface area (Å²) in [5.41, 5.74) is 1.24. The molecule has 35 heavy (non-hydrogen) atoms. The van der Waals surface area contributed by atoms with Crippen molar-refractivity contribution < 1.29 is 32.5 Å². The zero-order valence-electron chi connectivity index (χ0n) is 18.9. The average molecular weight is 511 g/mol. The van der Waals surface area contributed by atoms with Crippen molar-refractivity contribution in [2.75, 3.05) is 44.6 Å². The number of alkyl halides is 3. The second-order valence-electron chi connectivity index (χ2n) is 8.12. The summed E-state index contributed by atoms with van der Waals surface area (Å²) in [6.07, 6.45) is -5.46. The number of halogens is 3. The van der Waals surface area contributed by atoms with Crippen LogP contribution in [0.15, 0.2) is 42.5 Å². The van der Waals surface area contributed by atoms with Gasteiger partial charge in [-0.2, -0.15) is 0 Å². The Morgan fingerprint density at radius 2 is 1.83 bits per heavy atom. The first-order valence-electron chi connectivity index (χ1n) is 11.0. The molecule has 0 radical (unpaired) electrons. The van der Waals surface area contributed by atoms with Crippen LogP contribution in [0, 0.1) is 6.92 Å². The summed E-state index contributed by atoms with van der Waals surface area (Å²) in [6.45, 7) is 4.56. The second-order valence-corrected chi connectivity index (χ2v) is 9.35. The molecule has 4 rings (SSSR count). The molecule has 1 aliphatic rings. The Morgan fingerprint density at radius 1 is 1.14 bits per heavy atom. The van der Waals surface area contributed by atoms with E-state index >= 15 is 0 Å². The maximum Gasteiger partial charge on any atom is 0.573 e. The van der Waals surface area contributed by atoms with Crippen molar-refractivity contribution >= 4 is 33.3 Å². The number of aromatic nitrogens is 1. The number of β-amino-alcohol motifs (C(OH)–C–C–N with tert-alkyl or cyclic N) is 1. The van der Waals surface area contributed by atoms with Crippen molar-refractivity contribution in [2.45, 2.75) is 19.4 Å². The highest BCUT2D eigenvalue weighted by molar-refractivity contribution is 7.18. The summed E-state index contributed by atoms with van der Waals surface area (Å²) >= 11 is 1.62. The number of thiazole rings is 1. The minimum absolute atomic E-state index is 0.142. The predicted molar refractivity (Wildman–Crippen MR) is 126 cm³/mol. The number of aliphatic hydroxyl groups is 1. The molecule has 0 aliphatic carbocycles. The lowest BCUT2D eigenvalue weighted by atomic mass is 10.2. The van der Waals surface area contributed by atoms with Crippen molar-refractivity contribution in [3.05, 3.63) is 47.5 Å². The van der Waals surface area contributed by atoms with E-state index in [0.717, 1.165) is 27.4 Å². The molecule has 2 amide bonds. The van der Waals surface area contributed by atoms with Crippen LogP contribution in [0.2, 0.25) is 0 Å². The van der Waals surface area contributed by atoms with Crippen molar-refractivity contribution in [2.24, 2.45) is 0 Å². The van der Waals surface area contributed by atoms with Gasteiger partial charge in [0.2, 0.25) is 0 Å². The monoisotopic (exact) mass is 510 g/mol. The highest BCUT2D eigenvalue weighted by Crippen LogP contribution is 2.26. The smallest absolute Gasteiger partial charge is 0.491 e. The van der Waals surface area contributed by atoms with Crippen LogP contribution >= 0.6 is 11.3 Å². The normalized spacial score (nSPS) is 15.7. The van der Waals surface area contributed by atoms with Gasteiger partial charge in [0, 0.05) is 44.5 Å². The number of ether oxygens (including phenoxy) is 2. The van der Waals surface area contributed by atoms with Gasteiger partial charge in [-0.3, -0.25) is 4.90 Å². The fraction of sp³-hybridized carbons (Fsp3) is 0.391. The first-order chi connectivity index (χ1) is 16.6. The molecule has 2 N–H and O–H groups in total. The number of fused-ring (bicyclic) bond motifs is 1. The first-order valence-corrected chi connectivity index (χ1v) is 11.8. The number of rotatable bonds is 7. The van der Waals surface area contributed by atoms with Gasteiger partial charge in [-0.05, 0) is 43.3 Å². The maximum atomic E-state index is 12.5. The number of amides is 2. The molecule has 1 saturated heterocycles. The van der Waals surface area contributed by atoms with E-state index in [1.165, 1.54) is 12.1 Å². The van der Waals surface area contributed by atoms with Gasteiger partial charge in [-0.15, -0.1) is 24.5 Å². The average Bonchev–Trinajstić information content (AvgIpc) is 3.18. The van der Waals surface area contributed by atoms with Gasteiger partial charge in [0.1, 0.15) is 24.2 Å². The molecule has 188 valence electrons. The molecule has 2 heterocycles. The Balaban J connectivity index is 1.18. The van der Waals surface area contributed by atoms with Gasteiger partial charge >= 0.3 is 12.4 Å². The number of carbonyl (C=O) groups is 1. The van der Waals surface area contributed by atoms with Crippen LogP contribution in [0.1, 0.15) is 5.01 Å². The van der Waals surface area contributed by atoms with Gasteiger partial charge in [0.05, 0.1) is 15.2 Å². The van der Waals surface area contributed by atoms with Crippen LogP contribution in [-0.4, -0.2) is 77.7 Å². The largest absolute Gasteiger partial charge is 0.573 e. The summed E-state index contributed by atoms with van der Waals surface area (Å²) in [5, 5.41) is 14.0. The number of anilines is 1. The number of aliphatic hydroxyl groups excluding tert-OH is 1. The summed E-state index contributed by atoms with van der Waals surface area (Å²) in [7, 11) is 0. The number of benzene rings is 2. The number of hydrogen-bond donors (Lipinski definition) is 2. The number of nitrogens with one attached hydrogen (secondary N) is 1. The molecule has 0 bridgehead atoms. The van der Waals surface area contributed by atoms with E-state index in [-0.39, 0.29) is 18.4 Å². The van der Waals surface area contributed by atoms with E-state index in [0.29, 0.717) is 44.2 Å². The molecule has 0 spiro atoms.